The summed E-state index contributed by atoms with van der Waals surface area (Å²) in [7, 11) is 0. The van der Waals surface area contributed by atoms with Crippen LogP contribution in [0.4, 0.5) is 5.69 Å². The summed E-state index contributed by atoms with van der Waals surface area (Å²) in [6, 6.07) is 8.07. The smallest absolute Gasteiger partial charge is 0.243 e. The maximum absolute atomic E-state index is 12.4. The number of nitrogens with zero attached hydrogens (tertiary/aromatic N) is 1. The van der Waals surface area contributed by atoms with E-state index in [1.165, 1.54) is 5.56 Å². The minimum absolute atomic E-state index is 0.110. The quantitative estimate of drug-likeness (QED) is 0.889. The second kappa shape index (κ2) is 5.53. The van der Waals surface area contributed by atoms with E-state index in [2.05, 4.69) is 31.3 Å². The lowest BCUT2D eigenvalue weighted by Crippen LogP contribution is -2.44. The number of carbonyl (C=O) groups is 1. The monoisotopic (exact) mass is 246 g/mol. The molecule has 98 valence electrons. The SMILES string of the molecule is CCC(C)CN1C(=O)C(C)NCc2ccccc21. The molecule has 0 bridgehead atoms. The molecule has 1 aromatic rings. The fraction of sp³-hybridized carbons (Fsp3) is 0.533. The highest BCUT2D eigenvalue weighted by atomic mass is 16.2. The predicted octanol–water partition coefficient (Wildman–Crippen LogP) is 2.56. The summed E-state index contributed by atoms with van der Waals surface area (Å²) in [5, 5.41) is 3.28. The number of amides is 1. The highest BCUT2D eigenvalue weighted by Gasteiger charge is 2.27. The lowest BCUT2D eigenvalue weighted by molar-refractivity contribution is -0.120. The van der Waals surface area contributed by atoms with Gasteiger partial charge in [-0.05, 0) is 24.5 Å². The number of fused-ring (bicyclic) bond motifs is 1. The van der Waals surface area contributed by atoms with Crippen LogP contribution in [0, 0.1) is 5.92 Å². The van der Waals surface area contributed by atoms with E-state index in [0.29, 0.717) is 5.92 Å². The Balaban J connectivity index is 2.35. The van der Waals surface area contributed by atoms with Crippen LogP contribution in [0.25, 0.3) is 0 Å². The maximum Gasteiger partial charge on any atom is 0.243 e. The van der Waals surface area contributed by atoms with Gasteiger partial charge in [-0.25, -0.2) is 0 Å². The molecule has 0 radical (unpaired) electrons. The third-order valence-corrected chi connectivity index (χ3v) is 3.71. The molecular weight excluding hydrogens is 224 g/mol. The number of para-hydroxylation sites is 1. The first-order chi connectivity index (χ1) is 8.63. The molecule has 1 aliphatic heterocycles. The van der Waals surface area contributed by atoms with Crippen LogP contribution < -0.4 is 10.2 Å². The molecule has 18 heavy (non-hydrogen) atoms. The molecule has 1 N–H and O–H groups in total. The summed E-state index contributed by atoms with van der Waals surface area (Å²) < 4.78 is 0. The highest BCUT2D eigenvalue weighted by molar-refractivity contribution is 5.98. The summed E-state index contributed by atoms with van der Waals surface area (Å²) in [6.07, 6.45) is 1.09. The Bertz CT molecular complexity index is 430. The standard InChI is InChI=1S/C15H22N2O/c1-4-11(2)10-17-14-8-6-5-7-13(14)9-16-12(3)15(17)18/h5-8,11-12,16H,4,9-10H2,1-3H3. The first-order valence-corrected chi connectivity index (χ1v) is 6.76. The molecule has 1 aliphatic rings. The van der Waals surface area contributed by atoms with Gasteiger partial charge < -0.3 is 10.2 Å². The number of hydrogen-bond acceptors (Lipinski definition) is 2. The van der Waals surface area contributed by atoms with Crippen molar-refractivity contribution < 1.29 is 4.79 Å². The van der Waals surface area contributed by atoms with Crippen molar-refractivity contribution in [1.82, 2.24) is 5.32 Å². The van der Waals surface area contributed by atoms with Gasteiger partial charge in [-0.2, -0.15) is 0 Å². The number of nitrogens with one attached hydrogen (secondary N) is 1. The van der Waals surface area contributed by atoms with E-state index in [9.17, 15) is 4.79 Å². The van der Waals surface area contributed by atoms with Crippen molar-refractivity contribution in [3.05, 3.63) is 29.8 Å². The van der Waals surface area contributed by atoms with E-state index in [-0.39, 0.29) is 11.9 Å². The topological polar surface area (TPSA) is 32.3 Å². The predicted molar refractivity (Wildman–Crippen MR) is 74.6 cm³/mol. The van der Waals surface area contributed by atoms with Gasteiger partial charge in [-0.15, -0.1) is 0 Å². The zero-order valence-corrected chi connectivity index (χ0v) is 11.4. The lowest BCUT2D eigenvalue weighted by atomic mass is 10.1. The van der Waals surface area contributed by atoms with Crippen molar-refractivity contribution in [3.8, 4) is 0 Å². The molecule has 0 saturated carbocycles. The third kappa shape index (κ3) is 2.56. The molecule has 0 aliphatic carbocycles. The number of carbonyl (C=O) groups excluding carboxylic acids is 1. The largest absolute Gasteiger partial charge is 0.310 e. The Morgan fingerprint density at radius 2 is 2.17 bits per heavy atom. The Morgan fingerprint density at radius 3 is 2.89 bits per heavy atom. The van der Waals surface area contributed by atoms with Gasteiger partial charge in [-0.1, -0.05) is 38.5 Å². The first-order valence-electron chi connectivity index (χ1n) is 6.76. The average molecular weight is 246 g/mol. The van der Waals surface area contributed by atoms with Crippen molar-refractivity contribution in [2.24, 2.45) is 5.92 Å². The normalized spacial score (nSPS) is 21.4. The zero-order valence-electron chi connectivity index (χ0n) is 11.4. The second-order valence-electron chi connectivity index (χ2n) is 5.19. The van der Waals surface area contributed by atoms with E-state index in [0.717, 1.165) is 25.2 Å². The Kier molecular flexibility index (Phi) is 4.02. The van der Waals surface area contributed by atoms with Gasteiger partial charge in [0.25, 0.3) is 0 Å². The molecule has 0 aromatic heterocycles. The molecule has 2 atom stereocenters. The summed E-state index contributed by atoms with van der Waals surface area (Å²) in [6.45, 7) is 7.87. The van der Waals surface area contributed by atoms with E-state index >= 15 is 0 Å². The van der Waals surface area contributed by atoms with Crippen LogP contribution in [0.15, 0.2) is 24.3 Å². The van der Waals surface area contributed by atoms with Crippen LogP contribution in [0.2, 0.25) is 0 Å². The fourth-order valence-electron chi connectivity index (χ4n) is 2.26. The van der Waals surface area contributed by atoms with Crippen molar-refractivity contribution in [2.75, 3.05) is 11.4 Å². The molecular formula is C15H22N2O. The van der Waals surface area contributed by atoms with Crippen LogP contribution in [-0.2, 0) is 11.3 Å². The number of benzene rings is 1. The molecule has 2 unspecified atom stereocenters. The van der Waals surface area contributed by atoms with Crippen molar-refractivity contribution in [1.29, 1.82) is 0 Å². The molecule has 1 aromatic carbocycles. The molecule has 2 rings (SSSR count). The van der Waals surface area contributed by atoms with E-state index in [4.69, 9.17) is 0 Å². The molecule has 3 nitrogen and oxygen atoms in total. The van der Waals surface area contributed by atoms with Gasteiger partial charge in [0.2, 0.25) is 5.91 Å². The summed E-state index contributed by atoms with van der Waals surface area (Å²) in [5.41, 5.74) is 2.28. The molecule has 0 saturated heterocycles. The molecule has 0 spiro atoms. The number of anilines is 1. The zero-order chi connectivity index (χ0) is 13.1. The Hall–Kier alpha value is -1.35. The molecule has 0 fully saturated rings. The molecule has 1 heterocycles. The molecule has 1 amide bonds. The van der Waals surface area contributed by atoms with Gasteiger partial charge >= 0.3 is 0 Å². The summed E-state index contributed by atoms with van der Waals surface area (Å²) in [5.74, 6) is 0.701. The minimum atomic E-state index is -0.110. The number of hydrogen-bond donors (Lipinski definition) is 1. The third-order valence-electron chi connectivity index (χ3n) is 3.71. The average Bonchev–Trinajstić information content (AvgIpc) is 2.51. The lowest BCUT2D eigenvalue weighted by Gasteiger charge is -2.27. The van der Waals surface area contributed by atoms with Crippen LogP contribution in [-0.4, -0.2) is 18.5 Å². The van der Waals surface area contributed by atoms with Crippen LogP contribution >= 0.6 is 0 Å². The van der Waals surface area contributed by atoms with Crippen molar-refractivity contribution in [2.45, 2.75) is 39.8 Å². The van der Waals surface area contributed by atoms with Gasteiger partial charge in [0.1, 0.15) is 0 Å². The first kappa shape index (κ1) is 13.1. The van der Waals surface area contributed by atoms with Crippen molar-refractivity contribution >= 4 is 11.6 Å². The van der Waals surface area contributed by atoms with E-state index in [1.54, 1.807) is 0 Å². The summed E-state index contributed by atoms with van der Waals surface area (Å²) >= 11 is 0. The maximum atomic E-state index is 12.4. The minimum Gasteiger partial charge on any atom is -0.310 e. The van der Waals surface area contributed by atoms with Gasteiger partial charge in [0, 0.05) is 18.8 Å². The molecule has 3 heteroatoms. The number of rotatable bonds is 3. The summed E-state index contributed by atoms with van der Waals surface area (Å²) in [4.78, 5) is 14.4. The second-order valence-corrected chi connectivity index (χ2v) is 5.19. The Labute approximate surface area is 109 Å². The van der Waals surface area contributed by atoms with Crippen LogP contribution in [0.1, 0.15) is 32.8 Å². The van der Waals surface area contributed by atoms with E-state index < -0.39 is 0 Å². The fourth-order valence-corrected chi connectivity index (χ4v) is 2.26. The highest BCUT2D eigenvalue weighted by Crippen LogP contribution is 2.25. The van der Waals surface area contributed by atoms with Gasteiger partial charge in [0.15, 0.2) is 0 Å². The van der Waals surface area contributed by atoms with E-state index in [1.807, 2.05) is 24.0 Å². The van der Waals surface area contributed by atoms with Crippen molar-refractivity contribution in [3.63, 3.8) is 0 Å². The van der Waals surface area contributed by atoms with Gasteiger partial charge in [0.05, 0.1) is 6.04 Å². The Morgan fingerprint density at radius 1 is 1.44 bits per heavy atom. The van der Waals surface area contributed by atoms with Gasteiger partial charge in [-0.3, -0.25) is 4.79 Å². The van der Waals surface area contributed by atoms with Crippen LogP contribution in [0.3, 0.4) is 0 Å². The van der Waals surface area contributed by atoms with Crippen LogP contribution in [0.5, 0.6) is 0 Å².